The molecule has 0 aliphatic carbocycles. The third-order valence-electron chi connectivity index (χ3n) is 2.75. The number of nitrogens with one attached hydrogen (secondary N) is 2. The summed E-state index contributed by atoms with van der Waals surface area (Å²) in [4.78, 5) is 11.8. The molecule has 0 fully saturated rings. The van der Waals surface area contributed by atoms with Crippen LogP contribution in [0.4, 0.5) is 10.5 Å². The van der Waals surface area contributed by atoms with Crippen LogP contribution in [0.1, 0.15) is 5.56 Å². The van der Waals surface area contributed by atoms with Gasteiger partial charge in [-0.05, 0) is 35.9 Å². The van der Waals surface area contributed by atoms with Crippen LogP contribution in [0.3, 0.4) is 0 Å². The highest BCUT2D eigenvalue weighted by Crippen LogP contribution is 2.27. The summed E-state index contributed by atoms with van der Waals surface area (Å²) in [6.45, 7) is 0.385. The van der Waals surface area contributed by atoms with E-state index >= 15 is 0 Å². The molecule has 0 atom stereocenters. The second-order valence-corrected chi connectivity index (χ2v) is 5.13. The number of urea groups is 1. The lowest BCUT2D eigenvalue weighted by Gasteiger charge is -2.09. The van der Waals surface area contributed by atoms with Crippen molar-refractivity contribution in [3.05, 3.63) is 58.1 Å². The van der Waals surface area contributed by atoms with E-state index in [2.05, 4.69) is 10.6 Å². The van der Waals surface area contributed by atoms with Gasteiger partial charge in [-0.15, -0.1) is 0 Å². The van der Waals surface area contributed by atoms with Gasteiger partial charge in [0.25, 0.3) is 0 Å². The molecule has 6 heteroatoms. The Hall–Kier alpha value is -1.91. The minimum Gasteiger partial charge on any atom is -0.495 e. The van der Waals surface area contributed by atoms with Gasteiger partial charge in [0.2, 0.25) is 0 Å². The standard InChI is InChI=1S/C15H14Cl2N2O2/c1-21-14-6-5-12(8-13(14)17)19-15(20)18-9-10-3-2-4-11(16)7-10/h2-8H,9H2,1H3,(H2,18,19,20). The van der Waals surface area contributed by atoms with Crippen LogP contribution in [0.25, 0.3) is 0 Å². The topological polar surface area (TPSA) is 50.4 Å². The number of halogens is 2. The number of rotatable bonds is 4. The van der Waals surface area contributed by atoms with Crippen molar-refractivity contribution in [3.8, 4) is 5.75 Å². The molecule has 0 saturated heterocycles. The van der Waals surface area contributed by atoms with E-state index in [4.69, 9.17) is 27.9 Å². The van der Waals surface area contributed by atoms with Gasteiger partial charge >= 0.3 is 6.03 Å². The van der Waals surface area contributed by atoms with Crippen LogP contribution < -0.4 is 15.4 Å². The van der Waals surface area contributed by atoms with E-state index < -0.39 is 0 Å². The monoisotopic (exact) mass is 324 g/mol. The van der Waals surface area contributed by atoms with Gasteiger partial charge in [0, 0.05) is 17.3 Å². The average molecular weight is 325 g/mol. The molecule has 2 N–H and O–H groups in total. The van der Waals surface area contributed by atoms with Crippen molar-refractivity contribution in [1.82, 2.24) is 5.32 Å². The molecule has 110 valence electrons. The quantitative estimate of drug-likeness (QED) is 0.879. The lowest BCUT2D eigenvalue weighted by Crippen LogP contribution is -2.28. The first-order valence-corrected chi connectivity index (χ1v) is 6.97. The molecule has 0 heterocycles. The summed E-state index contributed by atoms with van der Waals surface area (Å²) in [5.41, 5.74) is 1.51. The highest BCUT2D eigenvalue weighted by molar-refractivity contribution is 6.32. The zero-order valence-electron chi connectivity index (χ0n) is 11.3. The van der Waals surface area contributed by atoms with Gasteiger partial charge in [-0.1, -0.05) is 35.3 Å². The van der Waals surface area contributed by atoms with Crippen molar-refractivity contribution in [2.75, 3.05) is 12.4 Å². The second-order valence-electron chi connectivity index (χ2n) is 4.29. The number of carbonyl (C=O) groups excluding carboxylic acids is 1. The largest absolute Gasteiger partial charge is 0.495 e. The number of carbonyl (C=O) groups is 1. The first-order chi connectivity index (χ1) is 10.1. The molecule has 0 aromatic heterocycles. The Morgan fingerprint density at radius 2 is 2.00 bits per heavy atom. The van der Waals surface area contributed by atoms with Crippen LogP contribution in [0, 0.1) is 0 Å². The molecule has 2 aromatic carbocycles. The Balaban J connectivity index is 1.91. The summed E-state index contributed by atoms with van der Waals surface area (Å²) in [5.74, 6) is 0.557. The van der Waals surface area contributed by atoms with E-state index in [-0.39, 0.29) is 6.03 Å². The van der Waals surface area contributed by atoms with Crippen LogP contribution in [0.5, 0.6) is 5.75 Å². The highest BCUT2D eigenvalue weighted by atomic mass is 35.5. The molecular weight excluding hydrogens is 311 g/mol. The van der Waals surface area contributed by atoms with E-state index in [9.17, 15) is 4.79 Å². The lowest BCUT2D eigenvalue weighted by molar-refractivity contribution is 0.251. The van der Waals surface area contributed by atoms with E-state index in [1.54, 1.807) is 30.3 Å². The van der Waals surface area contributed by atoms with Crippen molar-refractivity contribution in [1.29, 1.82) is 0 Å². The number of methoxy groups -OCH3 is 1. The normalized spacial score (nSPS) is 10.0. The van der Waals surface area contributed by atoms with Crippen LogP contribution in [0.15, 0.2) is 42.5 Å². The van der Waals surface area contributed by atoms with Crippen LogP contribution in [-0.2, 0) is 6.54 Å². The smallest absolute Gasteiger partial charge is 0.319 e. The van der Waals surface area contributed by atoms with Gasteiger partial charge in [-0.25, -0.2) is 4.79 Å². The highest BCUT2D eigenvalue weighted by Gasteiger charge is 2.05. The lowest BCUT2D eigenvalue weighted by atomic mass is 10.2. The van der Waals surface area contributed by atoms with E-state index in [0.29, 0.717) is 28.0 Å². The van der Waals surface area contributed by atoms with E-state index in [1.165, 1.54) is 7.11 Å². The molecule has 2 aromatic rings. The van der Waals surface area contributed by atoms with Gasteiger partial charge in [0.05, 0.1) is 12.1 Å². The maximum atomic E-state index is 11.8. The van der Waals surface area contributed by atoms with E-state index in [1.807, 2.05) is 12.1 Å². The van der Waals surface area contributed by atoms with Gasteiger partial charge in [0.15, 0.2) is 0 Å². The number of anilines is 1. The first kappa shape index (κ1) is 15.5. The Kier molecular flexibility index (Phi) is 5.31. The SMILES string of the molecule is COc1ccc(NC(=O)NCc2cccc(Cl)c2)cc1Cl. The van der Waals surface area contributed by atoms with Crippen molar-refractivity contribution < 1.29 is 9.53 Å². The zero-order valence-corrected chi connectivity index (χ0v) is 12.8. The number of ether oxygens (including phenoxy) is 1. The van der Waals surface area contributed by atoms with Crippen LogP contribution in [-0.4, -0.2) is 13.1 Å². The summed E-state index contributed by atoms with van der Waals surface area (Å²) >= 11 is 11.9. The van der Waals surface area contributed by atoms with Crippen molar-refractivity contribution in [3.63, 3.8) is 0 Å². The summed E-state index contributed by atoms with van der Waals surface area (Å²) in [6.07, 6.45) is 0. The van der Waals surface area contributed by atoms with Crippen molar-refractivity contribution >= 4 is 34.9 Å². The molecule has 0 spiro atoms. The fourth-order valence-electron chi connectivity index (χ4n) is 1.75. The predicted molar refractivity (Wildman–Crippen MR) is 85.3 cm³/mol. The van der Waals surface area contributed by atoms with Crippen LogP contribution >= 0.6 is 23.2 Å². The Morgan fingerprint density at radius 3 is 2.67 bits per heavy atom. The van der Waals surface area contributed by atoms with Crippen LogP contribution in [0.2, 0.25) is 10.0 Å². The maximum Gasteiger partial charge on any atom is 0.319 e. The van der Waals surface area contributed by atoms with Gasteiger partial charge < -0.3 is 15.4 Å². The molecule has 21 heavy (non-hydrogen) atoms. The molecule has 4 nitrogen and oxygen atoms in total. The molecule has 0 saturated carbocycles. The number of hydrogen-bond donors (Lipinski definition) is 2. The first-order valence-electron chi connectivity index (χ1n) is 6.21. The molecule has 0 bridgehead atoms. The van der Waals surface area contributed by atoms with E-state index in [0.717, 1.165) is 5.56 Å². The zero-order chi connectivity index (χ0) is 15.2. The Morgan fingerprint density at radius 1 is 1.19 bits per heavy atom. The summed E-state index contributed by atoms with van der Waals surface area (Å²) in [5, 5.41) is 6.51. The number of hydrogen-bond acceptors (Lipinski definition) is 2. The molecular formula is C15H14Cl2N2O2. The molecule has 0 aliphatic heterocycles. The Bertz CT molecular complexity index is 647. The van der Waals surface area contributed by atoms with Crippen molar-refractivity contribution in [2.45, 2.75) is 6.54 Å². The molecule has 0 unspecified atom stereocenters. The summed E-state index contributed by atoms with van der Waals surface area (Å²) in [7, 11) is 1.53. The molecule has 0 radical (unpaired) electrons. The minimum atomic E-state index is -0.323. The molecule has 0 aliphatic rings. The third-order valence-corrected chi connectivity index (χ3v) is 3.28. The maximum absolute atomic E-state index is 11.8. The van der Waals surface area contributed by atoms with Crippen molar-refractivity contribution in [2.24, 2.45) is 0 Å². The van der Waals surface area contributed by atoms with Gasteiger partial charge in [-0.2, -0.15) is 0 Å². The summed E-state index contributed by atoms with van der Waals surface area (Å²) in [6, 6.07) is 12.0. The average Bonchev–Trinajstić information content (AvgIpc) is 2.45. The Labute approximate surface area is 133 Å². The van der Waals surface area contributed by atoms with Gasteiger partial charge in [0.1, 0.15) is 5.75 Å². The fourth-order valence-corrected chi connectivity index (χ4v) is 2.22. The molecule has 2 rings (SSSR count). The summed E-state index contributed by atoms with van der Waals surface area (Å²) < 4.78 is 5.05. The predicted octanol–water partition coefficient (Wildman–Crippen LogP) is 4.32. The number of benzene rings is 2. The van der Waals surface area contributed by atoms with Gasteiger partial charge in [-0.3, -0.25) is 0 Å². The third kappa shape index (κ3) is 4.55. The second kappa shape index (κ2) is 7.20. The minimum absolute atomic E-state index is 0.323. The molecule has 2 amide bonds. The fraction of sp³-hybridized carbons (Fsp3) is 0.133. The number of amides is 2.